The molecular weight excluding hydrogens is 877 g/mol. The molecule has 6 nitrogen and oxygen atoms in total. The summed E-state index contributed by atoms with van der Waals surface area (Å²) in [6.45, 7) is 6.45. The van der Waals surface area contributed by atoms with Crippen LogP contribution in [0, 0.1) is 0 Å². The van der Waals surface area contributed by atoms with Crippen molar-refractivity contribution >= 4 is 17.9 Å². The highest BCUT2D eigenvalue weighted by Gasteiger charge is 2.19. The lowest BCUT2D eigenvalue weighted by Crippen LogP contribution is -2.30. The molecule has 0 aromatic heterocycles. The summed E-state index contributed by atoms with van der Waals surface area (Å²) in [5, 5.41) is 0. The quantitative estimate of drug-likeness (QED) is 0.0261. The van der Waals surface area contributed by atoms with Gasteiger partial charge in [-0.25, -0.2) is 0 Å². The third-order valence-electron chi connectivity index (χ3n) is 12.2. The van der Waals surface area contributed by atoms with Gasteiger partial charge in [-0.05, 0) is 122 Å². The molecule has 0 saturated heterocycles. The van der Waals surface area contributed by atoms with Gasteiger partial charge in [-0.3, -0.25) is 14.4 Å². The number of carbonyl (C=O) groups excluding carboxylic acids is 3. The number of allylic oxidation sites excluding steroid dienone is 18. The molecule has 6 heteroatoms. The van der Waals surface area contributed by atoms with E-state index in [4.69, 9.17) is 14.2 Å². The fourth-order valence-electron chi connectivity index (χ4n) is 7.83. The molecule has 0 fully saturated rings. The molecule has 0 aliphatic carbocycles. The van der Waals surface area contributed by atoms with E-state index < -0.39 is 6.10 Å². The minimum absolute atomic E-state index is 0.112. The molecule has 0 spiro atoms. The first-order valence-electron chi connectivity index (χ1n) is 29.4. The van der Waals surface area contributed by atoms with Gasteiger partial charge in [0.15, 0.2) is 6.10 Å². The van der Waals surface area contributed by atoms with Crippen molar-refractivity contribution in [1.82, 2.24) is 0 Å². The SMILES string of the molecule is CC/C=C\C/C=C\C/C=C\C/C=C\C/C=C\CCCCCC(=O)OC[C@H](COC(=O)CCCCCCCCC/C=C\CCCCCCCC)OC(=O)CCC/C=C\C/C=C\C/C=C\CCCCCCCC. The molecule has 0 N–H and O–H groups in total. The molecule has 0 aliphatic heterocycles. The van der Waals surface area contributed by atoms with Crippen molar-refractivity contribution in [2.45, 2.75) is 271 Å². The van der Waals surface area contributed by atoms with E-state index >= 15 is 0 Å². The summed E-state index contributed by atoms with van der Waals surface area (Å²) in [5.41, 5.74) is 0. The Morgan fingerprint density at radius 2 is 0.563 bits per heavy atom. The Labute approximate surface area is 438 Å². The van der Waals surface area contributed by atoms with Crippen molar-refractivity contribution in [3.63, 3.8) is 0 Å². The molecule has 1 atom stereocenters. The predicted octanol–water partition coefficient (Wildman–Crippen LogP) is 19.9. The fraction of sp³-hybridized carbons (Fsp3) is 0.677. The number of hydrogen-bond acceptors (Lipinski definition) is 6. The van der Waals surface area contributed by atoms with E-state index in [9.17, 15) is 14.4 Å². The molecule has 0 aliphatic rings. The highest BCUT2D eigenvalue weighted by atomic mass is 16.6. The van der Waals surface area contributed by atoms with Crippen LogP contribution in [0.1, 0.15) is 265 Å². The molecule has 0 rings (SSSR count). The summed E-state index contributed by atoms with van der Waals surface area (Å²) < 4.78 is 16.8. The van der Waals surface area contributed by atoms with Crippen LogP contribution in [0.5, 0.6) is 0 Å². The number of unbranched alkanes of at least 4 members (excludes halogenated alkanes) is 23. The van der Waals surface area contributed by atoms with Crippen LogP contribution in [0.3, 0.4) is 0 Å². The molecule has 404 valence electrons. The highest BCUT2D eigenvalue weighted by molar-refractivity contribution is 5.71. The van der Waals surface area contributed by atoms with E-state index in [0.29, 0.717) is 19.3 Å². The maximum Gasteiger partial charge on any atom is 0.306 e. The summed E-state index contributed by atoms with van der Waals surface area (Å²) in [5.74, 6) is -1.00. The molecule has 0 unspecified atom stereocenters. The van der Waals surface area contributed by atoms with Gasteiger partial charge in [-0.1, -0.05) is 233 Å². The van der Waals surface area contributed by atoms with Crippen molar-refractivity contribution in [2.75, 3.05) is 13.2 Å². The van der Waals surface area contributed by atoms with Crippen molar-refractivity contribution in [3.8, 4) is 0 Å². The molecule has 0 saturated carbocycles. The Morgan fingerprint density at radius 3 is 0.930 bits per heavy atom. The lowest BCUT2D eigenvalue weighted by molar-refractivity contribution is -0.167. The second-order valence-electron chi connectivity index (χ2n) is 19.2. The first kappa shape index (κ1) is 67.1. The second-order valence-corrected chi connectivity index (χ2v) is 19.2. The predicted molar refractivity (Wildman–Crippen MR) is 307 cm³/mol. The van der Waals surface area contributed by atoms with Crippen molar-refractivity contribution in [2.24, 2.45) is 0 Å². The number of hydrogen-bond donors (Lipinski definition) is 0. The highest BCUT2D eigenvalue weighted by Crippen LogP contribution is 2.14. The summed E-state index contributed by atoms with van der Waals surface area (Å²) in [4.78, 5) is 38.2. The summed E-state index contributed by atoms with van der Waals surface area (Å²) >= 11 is 0. The summed E-state index contributed by atoms with van der Waals surface area (Å²) in [6.07, 6.45) is 79.4. The minimum Gasteiger partial charge on any atom is -0.462 e. The molecule has 0 aromatic rings. The zero-order chi connectivity index (χ0) is 51.4. The van der Waals surface area contributed by atoms with Gasteiger partial charge in [0.05, 0.1) is 0 Å². The van der Waals surface area contributed by atoms with Gasteiger partial charge < -0.3 is 14.2 Å². The van der Waals surface area contributed by atoms with Crippen molar-refractivity contribution in [3.05, 3.63) is 109 Å². The average Bonchev–Trinajstić information content (AvgIpc) is 3.37. The number of carbonyl (C=O) groups is 3. The van der Waals surface area contributed by atoms with Gasteiger partial charge in [0.2, 0.25) is 0 Å². The smallest absolute Gasteiger partial charge is 0.306 e. The van der Waals surface area contributed by atoms with E-state index in [-0.39, 0.29) is 37.5 Å². The first-order valence-corrected chi connectivity index (χ1v) is 29.4. The van der Waals surface area contributed by atoms with Gasteiger partial charge in [0.1, 0.15) is 13.2 Å². The number of esters is 3. The van der Waals surface area contributed by atoms with Crippen LogP contribution in [0.15, 0.2) is 109 Å². The van der Waals surface area contributed by atoms with Crippen LogP contribution in [0.25, 0.3) is 0 Å². The van der Waals surface area contributed by atoms with Crippen LogP contribution < -0.4 is 0 Å². The Hall–Kier alpha value is -3.93. The molecular formula is C65H108O6. The largest absolute Gasteiger partial charge is 0.462 e. The zero-order valence-corrected chi connectivity index (χ0v) is 46.2. The molecule has 0 bridgehead atoms. The van der Waals surface area contributed by atoms with Gasteiger partial charge in [-0.2, -0.15) is 0 Å². The van der Waals surface area contributed by atoms with Gasteiger partial charge in [0, 0.05) is 19.3 Å². The van der Waals surface area contributed by atoms with Crippen LogP contribution in [0.4, 0.5) is 0 Å². The maximum atomic E-state index is 12.8. The molecule has 0 radical (unpaired) electrons. The normalized spacial score (nSPS) is 12.9. The van der Waals surface area contributed by atoms with Crippen molar-refractivity contribution < 1.29 is 28.6 Å². The fourth-order valence-corrected chi connectivity index (χ4v) is 7.83. The molecule has 0 aromatic carbocycles. The minimum atomic E-state index is -0.823. The standard InChI is InChI=1S/C65H108O6/c1-4-7-10-13-16-19-22-25-28-31-32-35-37-40-43-46-49-52-55-58-64(67)70-61-62(71-65(68)59-56-53-50-47-44-41-38-34-30-27-24-21-18-15-12-9-6-3)60-69-63(66)57-54-51-48-45-42-39-36-33-29-26-23-20-17-14-11-8-5-2/h7,10,16,19,25-30,32,35,38,40-41,43,47,50,62H,4-6,8-9,11-15,17-18,20-24,31,33-34,36-37,39,42,44-46,48-49,51-61H2,1-3H3/b10-7-,19-16-,28-25-,29-26-,30-27-,35-32-,41-38-,43-40-,50-47-/t62-/m0/s1. The zero-order valence-electron chi connectivity index (χ0n) is 46.2. The van der Waals surface area contributed by atoms with E-state index in [2.05, 4.69) is 130 Å². The monoisotopic (exact) mass is 985 g/mol. The van der Waals surface area contributed by atoms with Crippen LogP contribution >= 0.6 is 0 Å². The van der Waals surface area contributed by atoms with Crippen LogP contribution in [0.2, 0.25) is 0 Å². The summed E-state index contributed by atoms with van der Waals surface area (Å²) in [7, 11) is 0. The summed E-state index contributed by atoms with van der Waals surface area (Å²) in [6, 6.07) is 0. The van der Waals surface area contributed by atoms with Gasteiger partial charge >= 0.3 is 17.9 Å². The average molecular weight is 986 g/mol. The van der Waals surface area contributed by atoms with E-state index in [1.807, 2.05) is 0 Å². The second kappa shape index (κ2) is 58.6. The molecule has 0 heterocycles. The number of rotatable bonds is 52. The molecule has 71 heavy (non-hydrogen) atoms. The van der Waals surface area contributed by atoms with E-state index in [1.54, 1.807) is 0 Å². The Kier molecular flexibility index (Phi) is 55.4. The number of ether oxygens (including phenoxy) is 3. The van der Waals surface area contributed by atoms with Crippen LogP contribution in [-0.2, 0) is 28.6 Å². The lowest BCUT2D eigenvalue weighted by atomic mass is 10.1. The van der Waals surface area contributed by atoms with Crippen LogP contribution in [-0.4, -0.2) is 37.2 Å². The lowest BCUT2D eigenvalue weighted by Gasteiger charge is -2.18. The topological polar surface area (TPSA) is 78.9 Å². The Balaban J connectivity index is 4.53. The molecule has 0 amide bonds. The Bertz CT molecular complexity index is 1460. The van der Waals surface area contributed by atoms with Crippen molar-refractivity contribution in [1.29, 1.82) is 0 Å². The van der Waals surface area contributed by atoms with E-state index in [0.717, 1.165) is 96.3 Å². The Morgan fingerprint density at radius 1 is 0.296 bits per heavy atom. The third kappa shape index (κ3) is 56.9. The van der Waals surface area contributed by atoms with Gasteiger partial charge in [-0.15, -0.1) is 0 Å². The third-order valence-corrected chi connectivity index (χ3v) is 12.2. The van der Waals surface area contributed by atoms with Gasteiger partial charge in [0.25, 0.3) is 0 Å². The first-order chi connectivity index (χ1) is 35.0. The maximum absolute atomic E-state index is 12.8. The van der Waals surface area contributed by atoms with E-state index in [1.165, 1.54) is 122 Å².